The van der Waals surface area contributed by atoms with Crippen molar-refractivity contribution >= 4 is 34.0 Å². The maximum absolute atomic E-state index is 13.2. The van der Waals surface area contributed by atoms with E-state index in [9.17, 15) is 12.8 Å². The molecule has 2 aliphatic heterocycles. The second kappa shape index (κ2) is 8.02. The fraction of sp³-hybridized carbons (Fsp3) is 0.333. The number of fused-ring (bicyclic) bond motifs is 1. The largest absolute Gasteiger partial charge is 0.369 e. The molecule has 27 heavy (non-hydrogen) atoms. The summed E-state index contributed by atoms with van der Waals surface area (Å²) in [6.45, 7) is 4.04. The summed E-state index contributed by atoms with van der Waals surface area (Å²) < 4.78 is 42.4. The van der Waals surface area contributed by atoms with Crippen LogP contribution >= 0.6 is 12.4 Å². The highest BCUT2D eigenvalue weighted by molar-refractivity contribution is 7.90. The average molecular weight is 413 g/mol. The van der Waals surface area contributed by atoms with Gasteiger partial charge in [0.25, 0.3) is 0 Å². The minimum Gasteiger partial charge on any atom is -0.369 e. The molecule has 0 saturated carbocycles. The van der Waals surface area contributed by atoms with Crippen LogP contribution in [0.4, 0.5) is 15.8 Å². The second-order valence-electron chi connectivity index (χ2n) is 6.47. The Hall–Kier alpha value is -1.87. The van der Waals surface area contributed by atoms with E-state index in [1.54, 1.807) is 12.1 Å². The Morgan fingerprint density at radius 3 is 2.37 bits per heavy atom. The van der Waals surface area contributed by atoms with Gasteiger partial charge in [0.05, 0.1) is 12.2 Å². The molecule has 0 aromatic heterocycles. The zero-order valence-electron chi connectivity index (χ0n) is 14.7. The van der Waals surface area contributed by atoms with Gasteiger partial charge in [-0.05, 0) is 29.8 Å². The summed E-state index contributed by atoms with van der Waals surface area (Å²) in [7, 11) is -3.63. The quantitative estimate of drug-likeness (QED) is 0.809. The number of piperazine rings is 1. The number of halogens is 2. The Kier molecular flexibility index (Phi) is 5.90. The molecule has 2 N–H and O–H groups in total. The lowest BCUT2D eigenvalue weighted by atomic mass is 10.1. The molecule has 9 heteroatoms. The highest BCUT2D eigenvalue weighted by atomic mass is 35.5. The van der Waals surface area contributed by atoms with E-state index in [2.05, 4.69) is 14.9 Å². The van der Waals surface area contributed by atoms with Crippen LogP contribution in [-0.4, -0.2) is 34.6 Å². The predicted octanol–water partition coefficient (Wildman–Crippen LogP) is 2.01. The molecule has 2 aromatic rings. The van der Waals surface area contributed by atoms with E-state index < -0.39 is 10.2 Å². The summed E-state index contributed by atoms with van der Waals surface area (Å²) in [6, 6.07) is 11.7. The fourth-order valence-corrected chi connectivity index (χ4v) is 4.71. The molecule has 0 spiro atoms. The highest BCUT2D eigenvalue weighted by Crippen LogP contribution is 2.35. The number of rotatable bonds is 3. The molecule has 2 aromatic carbocycles. The van der Waals surface area contributed by atoms with Gasteiger partial charge < -0.3 is 10.2 Å². The smallest absolute Gasteiger partial charge is 0.302 e. The normalized spacial score (nSPS) is 18.6. The molecule has 146 valence electrons. The number of benzene rings is 2. The molecule has 0 bridgehead atoms. The van der Waals surface area contributed by atoms with Gasteiger partial charge in [0, 0.05) is 44.0 Å². The molecule has 0 aliphatic carbocycles. The zero-order valence-corrected chi connectivity index (χ0v) is 16.3. The van der Waals surface area contributed by atoms with Crippen molar-refractivity contribution in [3.63, 3.8) is 0 Å². The Morgan fingerprint density at radius 1 is 1.00 bits per heavy atom. The third kappa shape index (κ3) is 4.03. The second-order valence-corrected chi connectivity index (χ2v) is 8.15. The lowest BCUT2D eigenvalue weighted by molar-refractivity contribution is 0.568. The Labute approximate surface area is 165 Å². The summed E-state index contributed by atoms with van der Waals surface area (Å²) in [6.07, 6.45) is 0. The van der Waals surface area contributed by atoms with Crippen LogP contribution < -0.4 is 19.2 Å². The summed E-state index contributed by atoms with van der Waals surface area (Å²) >= 11 is 0. The van der Waals surface area contributed by atoms with Crippen molar-refractivity contribution in [3.05, 3.63) is 59.4 Å². The SMILES string of the molecule is Cl.O=S1(=O)NCc2c(N3CCNCC3)cccc2N1Cc1ccc(F)cc1. The molecule has 1 fully saturated rings. The summed E-state index contributed by atoms with van der Waals surface area (Å²) in [5.74, 6) is -0.338. The third-order valence-corrected chi connectivity index (χ3v) is 6.23. The highest BCUT2D eigenvalue weighted by Gasteiger charge is 2.31. The standard InChI is InChI=1S/C18H21FN4O2S.ClH/c19-15-6-4-14(5-7-15)13-23-18-3-1-2-17(22-10-8-20-9-11-22)16(18)12-21-26(23,24)25;/h1-7,20-21H,8-13H2;1H. The van der Waals surface area contributed by atoms with E-state index in [4.69, 9.17) is 0 Å². The molecule has 2 heterocycles. The number of hydrogen-bond donors (Lipinski definition) is 2. The summed E-state index contributed by atoms with van der Waals surface area (Å²) in [5, 5.41) is 3.33. The number of nitrogens with zero attached hydrogens (tertiary/aromatic N) is 2. The summed E-state index contributed by atoms with van der Waals surface area (Å²) in [4.78, 5) is 2.28. The van der Waals surface area contributed by atoms with Crippen molar-refractivity contribution < 1.29 is 12.8 Å². The van der Waals surface area contributed by atoms with Gasteiger partial charge in [-0.25, -0.2) is 4.39 Å². The lowest BCUT2D eigenvalue weighted by Gasteiger charge is -2.36. The molecule has 0 amide bonds. The predicted molar refractivity (Wildman–Crippen MR) is 107 cm³/mol. The Bertz CT molecular complexity index is 902. The van der Waals surface area contributed by atoms with Crippen LogP contribution in [0.1, 0.15) is 11.1 Å². The Balaban J connectivity index is 0.00000210. The van der Waals surface area contributed by atoms with Crippen molar-refractivity contribution in [2.24, 2.45) is 0 Å². The molecule has 0 unspecified atom stereocenters. The molecule has 1 saturated heterocycles. The number of hydrogen-bond acceptors (Lipinski definition) is 4. The maximum Gasteiger partial charge on any atom is 0.302 e. The van der Waals surface area contributed by atoms with E-state index >= 15 is 0 Å². The van der Waals surface area contributed by atoms with E-state index in [1.165, 1.54) is 16.4 Å². The van der Waals surface area contributed by atoms with Gasteiger partial charge in [0.2, 0.25) is 0 Å². The van der Waals surface area contributed by atoms with Crippen molar-refractivity contribution in [1.82, 2.24) is 10.0 Å². The van der Waals surface area contributed by atoms with Crippen LogP contribution in [0.15, 0.2) is 42.5 Å². The van der Waals surface area contributed by atoms with E-state index in [-0.39, 0.29) is 31.3 Å². The van der Waals surface area contributed by atoms with Gasteiger partial charge in [0.1, 0.15) is 5.82 Å². The first-order valence-electron chi connectivity index (χ1n) is 8.64. The van der Waals surface area contributed by atoms with Crippen LogP contribution in [-0.2, 0) is 23.3 Å². The summed E-state index contributed by atoms with van der Waals surface area (Å²) in [5.41, 5.74) is 3.46. The van der Waals surface area contributed by atoms with Crippen LogP contribution in [0.25, 0.3) is 0 Å². The van der Waals surface area contributed by atoms with Gasteiger partial charge in [0.15, 0.2) is 0 Å². The van der Waals surface area contributed by atoms with Crippen LogP contribution in [0.5, 0.6) is 0 Å². The molecular weight excluding hydrogens is 391 g/mol. The average Bonchev–Trinajstić information content (AvgIpc) is 2.66. The van der Waals surface area contributed by atoms with Gasteiger partial charge in [-0.2, -0.15) is 13.1 Å². The molecule has 4 rings (SSSR count). The molecule has 2 aliphatic rings. The van der Waals surface area contributed by atoms with Gasteiger partial charge in [-0.1, -0.05) is 18.2 Å². The minimum atomic E-state index is -3.63. The van der Waals surface area contributed by atoms with Crippen molar-refractivity contribution in [3.8, 4) is 0 Å². The topological polar surface area (TPSA) is 64.7 Å². The van der Waals surface area contributed by atoms with E-state index in [0.717, 1.165) is 43.0 Å². The first kappa shape index (κ1) is 19.9. The van der Waals surface area contributed by atoms with Crippen LogP contribution in [0.3, 0.4) is 0 Å². The van der Waals surface area contributed by atoms with Crippen molar-refractivity contribution in [2.75, 3.05) is 35.4 Å². The fourth-order valence-electron chi connectivity index (χ4n) is 3.48. The zero-order chi connectivity index (χ0) is 18.1. The van der Waals surface area contributed by atoms with Gasteiger partial charge in [-0.3, -0.25) is 4.31 Å². The third-order valence-electron chi connectivity index (χ3n) is 4.81. The molecule has 0 radical (unpaired) electrons. The van der Waals surface area contributed by atoms with E-state index in [0.29, 0.717) is 5.69 Å². The molecular formula is C18H22ClFN4O2S. The first-order valence-corrected chi connectivity index (χ1v) is 10.1. The van der Waals surface area contributed by atoms with Crippen LogP contribution in [0, 0.1) is 5.82 Å². The van der Waals surface area contributed by atoms with E-state index in [1.807, 2.05) is 18.2 Å². The lowest BCUT2D eigenvalue weighted by Crippen LogP contribution is -2.47. The number of nitrogens with one attached hydrogen (secondary N) is 2. The Morgan fingerprint density at radius 2 is 1.67 bits per heavy atom. The van der Waals surface area contributed by atoms with Crippen molar-refractivity contribution in [2.45, 2.75) is 13.1 Å². The molecule has 6 nitrogen and oxygen atoms in total. The maximum atomic E-state index is 13.2. The minimum absolute atomic E-state index is 0. The van der Waals surface area contributed by atoms with Gasteiger partial charge >= 0.3 is 10.2 Å². The first-order chi connectivity index (χ1) is 12.5. The number of anilines is 2. The van der Waals surface area contributed by atoms with Gasteiger partial charge in [-0.15, -0.1) is 12.4 Å². The van der Waals surface area contributed by atoms with Crippen molar-refractivity contribution in [1.29, 1.82) is 0 Å². The monoisotopic (exact) mass is 412 g/mol. The van der Waals surface area contributed by atoms with Crippen LogP contribution in [0.2, 0.25) is 0 Å². The molecule has 0 atom stereocenters.